The molecule has 1 aliphatic rings. The van der Waals surface area contributed by atoms with Crippen LogP contribution in [0.3, 0.4) is 0 Å². The lowest BCUT2D eigenvalue weighted by atomic mass is 10.1. The highest BCUT2D eigenvalue weighted by molar-refractivity contribution is 7.91. The van der Waals surface area contributed by atoms with Crippen molar-refractivity contribution in [3.63, 3.8) is 0 Å². The van der Waals surface area contributed by atoms with Crippen molar-refractivity contribution in [2.45, 2.75) is 13.0 Å². The van der Waals surface area contributed by atoms with Crippen LogP contribution in [0.1, 0.15) is 12.0 Å². The van der Waals surface area contributed by atoms with E-state index in [2.05, 4.69) is 0 Å². The first kappa shape index (κ1) is 13.3. The molecule has 0 amide bonds. The van der Waals surface area contributed by atoms with Crippen molar-refractivity contribution in [1.29, 1.82) is 0 Å². The third-order valence-corrected chi connectivity index (χ3v) is 4.81. The molecule has 1 fully saturated rings. The zero-order valence-electron chi connectivity index (χ0n) is 10.1. The number of halogens is 1. The summed E-state index contributed by atoms with van der Waals surface area (Å²) >= 11 is 0. The molecular formula is C12H17FN2O2S. The second-order valence-corrected chi connectivity index (χ2v) is 6.82. The lowest BCUT2D eigenvalue weighted by Crippen LogP contribution is -2.27. The quantitative estimate of drug-likeness (QED) is 0.869. The van der Waals surface area contributed by atoms with Crippen LogP contribution >= 0.6 is 0 Å². The monoisotopic (exact) mass is 272 g/mol. The maximum Gasteiger partial charge on any atom is 0.152 e. The van der Waals surface area contributed by atoms with Gasteiger partial charge in [-0.2, -0.15) is 0 Å². The van der Waals surface area contributed by atoms with E-state index in [0.29, 0.717) is 25.2 Å². The standard InChI is InChI=1S/C12H17FN2O2S/c13-11-6-10(9-14)7-12(8-11)15-2-1-4-18(16,17)5-3-15/h6-8H,1-5,9,14H2. The van der Waals surface area contributed by atoms with Crippen LogP contribution in [0.2, 0.25) is 0 Å². The van der Waals surface area contributed by atoms with Gasteiger partial charge in [-0.15, -0.1) is 0 Å². The first-order chi connectivity index (χ1) is 8.50. The maximum absolute atomic E-state index is 13.4. The number of rotatable bonds is 2. The van der Waals surface area contributed by atoms with Gasteiger partial charge in [-0.3, -0.25) is 0 Å². The molecule has 1 aromatic rings. The van der Waals surface area contributed by atoms with Crippen molar-refractivity contribution in [2.75, 3.05) is 29.5 Å². The summed E-state index contributed by atoms with van der Waals surface area (Å²) in [5, 5.41) is 0. The third kappa shape index (κ3) is 3.20. The average Bonchev–Trinajstić information content (AvgIpc) is 2.49. The van der Waals surface area contributed by atoms with E-state index < -0.39 is 9.84 Å². The van der Waals surface area contributed by atoms with Crippen molar-refractivity contribution in [3.05, 3.63) is 29.6 Å². The van der Waals surface area contributed by atoms with E-state index in [1.807, 2.05) is 11.0 Å². The number of nitrogens with two attached hydrogens (primary N) is 1. The fourth-order valence-electron chi connectivity index (χ4n) is 2.13. The fraction of sp³-hybridized carbons (Fsp3) is 0.500. The van der Waals surface area contributed by atoms with Crippen LogP contribution < -0.4 is 10.6 Å². The van der Waals surface area contributed by atoms with Crippen molar-refractivity contribution in [2.24, 2.45) is 5.73 Å². The lowest BCUT2D eigenvalue weighted by molar-refractivity contribution is 0.597. The van der Waals surface area contributed by atoms with Crippen molar-refractivity contribution >= 4 is 15.5 Å². The molecule has 1 heterocycles. The molecule has 1 aromatic carbocycles. The molecule has 0 unspecified atom stereocenters. The Kier molecular flexibility index (Phi) is 3.87. The van der Waals surface area contributed by atoms with Crippen LogP contribution in [0, 0.1) is 5.82 Å². The summed E-state index contributed by atoms with van der Waals surface area (Å²) in [6.45, 7) is 1.32. The Bertz CT molecular complexity index is 531. The van der Waals surface area contributed by atoms with Crippen LogP contribution in [0.25, 0.3) is 0 Å². The predicted octanol–water partition coefficient (Wildman–Crippen LogP) is 0.909. The van der Waals surface area contributed by atoms with E-state index in [4.69, 9.17) is 5.73 Å². The number of anilines is 1. The number of benzene rings is 1. The molecule has 6 heteroatoms. The maximum atomic E-state index is 13.4. The van der Waals surface area contributed by atoms with Gasteiger partial charge in [-0.1, -0.05) is 0 Å². The lowest BCUT2D eigenvalue weighted by Gasteiger charge is -2.22. The van der Waals surface area contributed by atoms with Gasteiger partial charge in [-0.05, 0) is 30.2 Å². The Morgan fingerprint density at radius 2 is 2.00 bits per heavy atom. The van der Waals surface area contributed by atoms with Gasteiger partial charge in [0.1, 0.15) is 5.82 Å². The Morgan fingerprint density at radius 3 is 2.72 bits per heavy atom. The van der Waals surface area contributed by atoms with Crippen LogP contribution in [-0.4, -0.2) is 33.0 Å². The Morgan fingerprint density at radius 1 is 1.22 bits per heavy atom. The van der Waals surface area contributed by atoms with Crippen molar-refractivity contribution in [3.8, 4) is 0 Å². The molecular weight excluding hydrogens is 255 g/mol. The summed E-state index contributed by atoms with van der Waals surface area (Å²) in [4.78, 5) is 1.91. The Balaban J connectivity index is 2.23. The molecule has 0 radical (unpaired) electrons. The average molecular weight is 272 g/mol. The SMILES string of the molecule is NCc1cc(F)cc(N2CCCS(=O)(=O)CC2)c1. The first-order valence-corrected chi connectivity index (χ1v) is 7.77. The summed E-state index contributed by atoms with van der Waals surface area (Å²) < 4.78 is 36.5. The third-order valence-electron chi connectivity index (χ3n) is 3.10. The van der Waals surface area contributed by atoms with Gasteiger partial charge < -0.3 is 10.6 Å². The zero-order chi connectivity index (χ0) is 13.2. The summed E-state index contributed by atoms with van der Waals surface area (Å²) in [6.07, 6.45) is 0.580. The first-order valence-electron chi connectivity index (χ1n) is 5.95. The minimum Gasteiger partial charge on any atom is -0.370 e. The van der Waals surface area contributed by atoms with Crippen LogP contribution in [0.4, 0.5) is 10.1 Å². The molecule has 0 aliphatic carbocycles. The Hall–Kier alpha value is -1.14. The van der Waals surface area contributed by atoms with Crippen LogP contribution in [0.15, 0.2) is 18.2 Å². The minimum atomic E-state index is -2.95. The van der Waals surface area contributed by atoms with Gasteiger partial charge in [0.05, 0.1) is 11.5 Å². The molecule has 0 aromatic heterocycles. The van der Waals surface area contributed by atoms with Gasteiger partial charge in [0.2, 0.25) is 0 Å². The normalized spacial score (nSPS) is 19.6. The van der Waals surface area contributed by atoms with Gasteiger partial charge in [0, 0.05) is 25.3 Å². The largest absolute Gasteiger partial charge is 0.370 e. The Labute approximate surface area is 107 Å². The van der Waals surface area contributed by atoms with Crippen molar-refractivity contribution < 1.29 is 12.8 Å². The molecule has 0 spiro atoms. The highest BCUT2D eigenvalue weighted by atomic mass is 32.2. The van der Waals surface area contributed by atoms with Gasteiger partial charge >= 0.3 is 0 Å². The zero-order valence-corrected chi connectivity index (χ0v) is 10.9. The highest BCUT2D eigenvalue weighted by Gasteiger charge is 2.19. The number of hydrogen-bond acceptors (Lipinski definition) is 4. The van der Waals surface area contributed by atoms with E-state index in [1.54, 1.807) is 0 Å². The molecule has 100 valence electrons. The highest BCUT2D eigenvalue weighted by Crippen LogP contribution is 2.20. The molecule has 0 bridgehead atoms. The second kappa shape index (κ2) is 5.24. The number of nitrogens with zero attached hydrogens (tertiary/aromatic N) is 1. The van der Waals surface area contributed by atoms with Gasteiger partial charge in [0.15, 0.2) is 9.84 Å². The predicted molar refractivity (Wildman–Crippen MR) is 69.8 cm³/mol. The van der Waals surface area contributed by atoms with Gasteiger partial charge in [0.25, 0.3) is 0 Å². The summed E-state index contributed by atoms with van der Waals surface area (Å²) in [7, 11) is -2.95. The second-order valence-electron chi connectivity index (χ2n) is 4.51. The molecule has 4 nitrogen and oxygen atoms in total. The van der Waals surface area contributed by atoms with E-state index >= 15 is 0 Å². The topological polar surface area (TPSA) is 63.4 Å². The van der Waals surface area contributed by atoms with Crippen LogP contribution in [-0.2, 0) is 16.4 Å². The summed E-state index contributed by atoms with van der Waals surface area (Å²) in [5.74, 6) is 0.00405. The van der Waals surface area contributed by atoms with E-state index in [0.717, 1.165) is 5.56 Å². The molecule has 2 rings (SSSR count). The molecule has 2 N–H and O–H groups in total. The molecule has 1 saturated heterocycles. The van der Waals surface area contributed by atoms with E-state index in [9.17, 15) is 12.8 Å². The summed E-state index contributed by atoms with van der Waals surface area (Å²) in [5.41, 5.74) is 6.94. The van der Waals surface area contributed by atoms with Gasteiger partial charge in [-0.25, -0.2) is 12.8 Å². The smallest absolute Gasteiger partial charge is 0.152 e. The fourth-order valence-corrected chi connectivity index (χ4v) is 3.40. The van der Waals surface area contributed by atoms with E-state index in [-0.39, 0.29) is 23.9 Å². The summed E-state index contributed by atoms with van der Waals surface area (Å²) in [6, 6.07) is 4.65. The number of hydrogen-bond donors (Lipinski definition) is 1. The molecule has 0 saturated carbocycles. The molecule has 18 heavy (non-hydrogen) atoms. The van der Waals surface area contributed by atoms with Crippen molar-refractivity contribution in [1.82, 2.24) is 0 Å². The van der Waals surface area contributed by atoms with E-state index in [1.165, 1.54) is 12.1 Å². The number of sulfone groups is 1. The molecule has 1 aliphatic heterocycles. The van der Waals surface area contributed by atoms with Crippen LogP contribution in [0.5, 0.6) is 0 Å². The molecule has 0 atom stereocenters. The minimum absolute atomic E-state index is 0.126.